The van der Waals surface area contributed by atoms with Gasteiger partial charge in [0, 0.05) is 11.8 Å². The van der Waals surface area contributed by atoms with Crippen molar-refractivity contribution in [2.75, 3.05) is 26.4 Å². The summed E-state index contributed by atoms with van der Waals surface area (Å²) in [5.41, 5.74) is 2.54. The number of aryl methyl sites for hydroxylation is 1. The predicted octanol–water partition coefficient (Wildman–Crippen LogP) is 1.27. The van der Waals surface area contributed by atoms with Crippen LogP contribution in [-0.4, -0.2) is 54.9 Å². The molecule has 7 heteroatoms. The van der Waals surface area contributed by atoms with Gasteiger partial charge in [-0.3, -0.25) is 9.59 Å². The maximum atomic E-state index is 12.2. The number of carbonyl (C=O) groups excluding carboxylic acids is 1. The Morgan fingerprint density at radius 2 is 2.25 bits per heavy atom. The number of ether oxygens (including phenoxy) is 2. The molecule has 0 bridgehead atoms. The molecule has 4 rings (SSSR count). The Balaban J connectivity index is 1.38. The molecule has 1 amide bonds. The number of hydrogen-bond donors (Lipinski definition) is 3. The van der Waals surface area contributed by atoms with Gasteiger partial charge in [0.2, 0.25) is 5.91 Å². The molecule has 1 spiro atoms. The van der Waals surface area contributed by atoms with Crippen LogP contribution in [0.15, 0.2) is 23.1 Å². The monoisotopic (exact) mass is 387 g/mol. The molecule has 1 aromatic heterocycles. The van der Waals surface area contributed by atoms with Crippen molar-refractivity contribution in [1.82, 2.24) is 15.6 Å². The molecule has 3 heterocycles. The minimum Gasteiger partial charge on any atom is -0.376 e. The average molecular weight is 387 g/mol. The maximum absolute atomic E-state index is 12.2. The van der Waals surface area contributed by atoms with Crippen molar-refractivity contribution in [2.45, 2.75) is 56.7 Å². The van der Waals surface area contributed by atoms with Gasteiger partial charge in [0.15, 0.2) is 0 Å². The Morgan fingerprint density at radius 3 is 3.00 bits per heavy atom. The highest BCUT2D eigenvalue weighted by Gasteiger charge is 2.44. The Bertz CT molecular complexity index is 814. The zero-order valence-corrected chi connectivity index (χ0v) is 16.4. The second-order valence-corrected chi connectivity index (χ2v) is 8.13. The lowest BCUT2D eigenvalue weighted by Crippen LogP contribution is -2.70. The van der Waals surface area contributed by atoms with E-state index in [0.29, 0.717) is 13.2 Å². The van der Waals surface area contributed by atoms with Crippen molar-refractivity contribution in [3.05, 3.63) is 39.8 Å². The first-order chi connectivity index (χ1) is 13.6. The number of aromatic nitrogens is 1. The molecule has 1 aliphatic carbocycles. The van der Waals surface area contributed by atoms with E-state index in [0.717, 1.165) is 55.3 Å². The molecule has 2 saturated heterocycles. The van der Waals surface area contributed by atoms with Gasteiger partial charge < -0.3 is 25.1 Å². The molecule has 0 aromatic carbocycles. The van der Waals surface area contributed by atoms with Crippen LogP contribution in [0.1, 0.15) is 43.2 Å². The van der Waals surface area contributed by atoms with Crippen molar-refractivity contribution in [1.29, 1.82) is 0 Å². The van der Waals surface area contributed by atoms with Gasteiger partial charge in [-0.25, -0.2) is 0 Å². The summed E-state index contributed by atoms with van der Waals surface area (Å²) in [6, 6.07) is 1.99. The summed E-state index contributed by atoms with van der Waals surface area (Å²) in [5.74, 6) is -0.0476. The van der Waals surface area contributed by atoms with Gasteiger partial charge in [-0.2, -0.15) is 0 Å². The van der Waals surface area contributed by atoms with Crippen LogP contribution in [0.3, 0.4) is 0 Å². The topological polar surface area (TPSA) is 92.5 Å². The highest BCUT2D eigenvalue weighted by Crippen LogP contribution is 2.30. The molecule has 152 valence electrons. The summed E-state index contributed by atoms with van der Waals surface area (Å²) in [4.78, 5) is 26.8. The van der Waals surface area contributed by atoms with Gasteiger partial charge in [0.25, 0.3) is 5.56 Å². The van der Waals surface area contributed by atoms with Crippen molar-refractivity contribution >= 4 is 11.5 Å². The predicted molar refractivity (Wildman–Crippen MR) is 106 cm³/mol. The summed E-state index contributed by atoms with van der Waals surface area (Å²) >= 11 is 0. The summed E-state index contributed by atoms with van der Waals surface area (Å²) in [7, 11) is 0. The Labute approximate surface area is 164 Å². The molecule has 0 radical (unpaired) electrons. The van der Waals surface area contributed by atoms with E-state index < -0.39 is 0 Å². The van der Waals surface area contributed by atoms with E-state index in [-0.39, 0.29) is 35.8 Å². The third-order valence-electron chi connectivity index (χ3n) is 6.19. The first kappa shape index (κ1) is 19.4. The first-order valence-corrected chi connectivity index (χ1v) is 10.2. The highest BCUT2D eigenvalue weighted by molar-refractivity contribution is 5.79. The van der Waals surface area contributed by atoms with Gasteiger partial charge in [-0.15, -0.1) is 0 Å². The molecule has 28 heavy (non-hydrogen) atoms. The summed E-state index contributed by atoms with van der Waals surface area (Å²) in [6.07, 6.45) is 8.41. The average Bonchev–Trinajstić information content (AvgIpc) is 2.68. The first-order valence-electron chi connectivity index (χ1n) is 10.2. The molecule has 2 aliphatic heterocycles. The number of allylic oxidation sites excluding steroid dienone is 1. The summed E-state index contributed by atoms with van der Waals surface area (Å²) in [6.45, 7) is 4.12. The summed E-state index contributed by atoms with van der Waals surface area (Å²) < 4.78 is 11.8. The molecule has 1 aromatic rings. The number of hydrogen-bond acceptors (Lipinski definition) is 5. The van der Waals surface area contributed by atoms with Crippen molar-refractivity contribution < 1.29 is 14.3 Å². The second kappa shape index (κ2) is 8.19. The van der Waals surface area contributed by atoms with E-state index in [2.05, 4.69) is 21.7 Å². The molecular formula is C21H29N3O4. The van der Waals surface area contributed by atoms with Crippen molar-refractivity contribution in [3.8, 4) is 0 Å². The van der Waals surface area contributed by atoms with Crippen LogP contribution in [0.4, 0.5) is 0 Å². The number of nitrogens with one attached hydrogen (secondary N) is 3. The smallest absolute Gasteiger partial charge is 0.255 e. The van der Waals surface area contributed by atoms with Gasteiger partial charge >= 0.3 is 0 Å². The number of carbonyl (C=O) groups is 1. The number of pyridine rings is 1. The summed E-state index contributed by atoms with van der Waals surface area (Å²) in [5, 5.41) is 6.66. The Hall–Kier alpha value is -1.96. The Morgan fingerprint density at radius 1 is 1.36 bits per heavy atom. The van der Waals surface area contributed by atoms with Crippen LogP contribution in [0.25, 0.3) is 5.57 Å². The number of H-pyrrole nitrogens is 1. The second-order valence-electron chi connectivity index (χ2n) is 8.13. The minimum absolute atomic E-state index is 0.0213. The van der Waals surface area contributed by atoms with Gasteiger partial charge in [-0.1, -0.05) is 6.08 Å². The van der Waals surface area contributed by atoms with E-state index in [1.165, 1.54) is 0 Å². The molecule has 2 unspecified atom stereocenters. The fraction of sp³-hybridized carbons (Fsp3) is 0.619. The molecule has 2 fully saturated rings. The van der Waals surface area contributed by atoms with Crippen molar-refractivity contribution in [2.24, 2.45) is 0 Å². The normalized spacial score (nSPS) is 30.8. The molecule has 3 N–H and O–H groups in total. The molecule has 3 atom stereocenters. The largest absolute Gasteiger partial charge is 0.376 e. The fourth-order valence-electron chi connectivity index (χ4n) is 4.66. The molecule has 7 nitrogen and oxygen atoms in total. The number of piperidine rings is 1. The van der Waals surface area contributed by atoms with Crippen LogP contribution in [0.5, 0.6) is 0 Å². The number of amides is 1. The number of rotatable bonds is 4. The SMILES string of the molecule is Cc1cc[nH]c(=O)c1C1=CC[C@@H](OCC2NCCCC23COCC(=O)N3)CC1. The lowest BCUT2D eigenvalue weighted by molar-refractivity contribution is -0.139. The molecule has 0 saturated carbocycles. The van der Waals surface area contributed by atoms with E-state index in [4.69, 9.17) is 9.47 Å². The van der Waals surface area contributed by atoms with Crippen molar-refractivity contribution in [3.63, 3.8) is 0 Å². The number of aromatic amines is 1. The van der Waals surface area contributed by atoms with Crippen LogP contribution in [-0.2, 0) is 14.3 Å². The van der Waals surface area contributed by atoms with Gasteiger partial charge in [0.1, 0.15) is 6.61 Å². The van der Waals surface area contributed by atoms with E-state index in [1.54, 1.807) is 6.20 Å². The third kappa shape index (κ3) is 3.92. The van der Waals surface area contributed by atoms with Crippen LogP contribution < -0.4 is 16.2 Å². The van der Waals surface area contributed by atoms with Crippen LogP contribution in [0, 0.1) is 6.92 Å². The van der Waals surface area contributed by atoms with Gasteiger partial charge in [0.05, 0.1) is 30.9 Å². The minimum atomic E-state index is -0.363. The highest BCUT2D eigenvalue weighted by atomic mass is 16.5. The third-order valence-corrected chi connectivity index (χ3v) is 6.19. The zero-order chi connectivity index (χ0) is 19.6. The Kier molecular flexibility index (Phi) is 5.66. The lowest BCUT2D eigenvalue weighted by Gasteiger charge is -2.47. The maximum Gasteiger partial charge on any atom is 0.255 e. The standard InChI is InChI=1S/C21H29N3O4/c1-14-7-10-23-20(26)19(14)15-3-5-16(6-4-15)28-11-17-21(8-2-9-22-17)13-27-12-18(25)24-21/h3,7,10,16-17,22H,2,4-6,8-9,11-13H2,1H3,(H,23,26)(H,24,25)/t16-,17?,21?/m1/s1. The lowest BCUT2D eigenvalue weighted by atomic mass is 9.82. The molecular weight excluding hydrogens is 358 g/mol. The zero-order valence-electron chi connectivity index (χ0n) is 16.4. The van der Waals surface area contributed by atoms with E-state index >= 15 is 0 Å². The van der Waals surface area contributed by atoms with Crippen LogP contribution >= 0.6 is 0 Å². The quantitative estimate of drug-likeness (QED) is 0.724. The van der Waals surface area contributed by atoms with E-state index in [1.807, 2.05) is 13.0 Å². The number of morpholine rings is 1. The van der Waals surface area contributed by atoms with Crippen LogP contribution in [0.2, 0.25) is 0 Å². The van der Waals surface area contributed by atoms with Gasteiger partial charge in [-0.05, 0) is 62.8 Å². The van der Waals surface area contributed by atoms with E-state index in [9.17, 15) is 9.59 Å². The fourth-order valence-corrected chi connectivity index (χ4v) is 4.66. The molecule has 3 aliphatic rings.